The first-order valence-electron chi connectivity index (χ1n) is 7.14. The second-order valence-electron chi connectivity index (χ2n) is 5.89. The van der Waals surface area contributed by atoms with E-state index in [0.717, 1.165) is 36.5 Å². The van der Waals surface area contributed by atoms with Crippen LogP contribution in [0.2, 0.25) is 0 Å². The van der Waals surface area contributed by atoms with Crippen LogP contribution in [0.5, 0.6) is 0 Å². The second-order valence-corrected chi connectivity index (χ2v) is 5.89. The Kier molecular flexibility index (Phi) is 3.25. The van der Waals surface area contributed by atoms with E-state index >= 15 is 0 Å². The van der Waals surface area contributed by atoms with E-state index in [1.165, 1.54) is 25.7 Å². The summed E-state index contributed by atoms with van der Waals surface area (Å²) in [5.41, 5.74) is 1.16. The van der Waals surface area contributed by atoms with Crippen LogP contribution in [0.25, 0.3) is 0 Å². The summed E-state index contributed by atoms with van der Waals surface area (Å²) in [7, 11) is 0. The lowest BCUT2D eigenvalue weighted by Gasteiger charge is -2.18. The van der Waals surface area contributed by atoms with Gasteiger partial charge < -0.3 is 9.88 Å². The maximum Gasteiger partial charge on any atom is 0.250 e. The molecule has 0 unspecified atom stereocenters. The van der Waals surface area contributed by atoms with Crippen molar-refractivity contribution in [3.8, 4) is 0 Å². The molecule has 2 aliphatic carbocycles. The molecule has 3 heteroatoms. The van der Waals surface area contributed by atoms with Gasteiger partial charge in [-0.25, -0.2) is 0 Å². The highest BCUT2D eigenvalue weighted by atomic mass is 16.1. The van der Waals surface area contributed by atoms with E-state index in [-0.39, 0.29) is 5.56 Å². The SMILES string of the molecule is Cc1ccn(CCNC(C2CC2)C2CC2)c(=O)c1. The van der Waals surface area contributed by atoms with Crippen LogP contribution in [0.1, 0.15) is 31.2 Å². The Morgan fingerprint density at radius 2 is 2.00 bits per heavy atom. The van der Waals surface area contributed by atoms with Gasteiger partial charge in [0.15, 0.2) is 0 Å². The minimum absolute atomic E-state index is 0.117. The van der Waals surface area contributed by atoms with Gasteiger partial charge in [-0.2, -0.15) is 0 Å². The lowest BCUT2D eigenvalue weighted by atomic mass is 10.1. The van der Waals surface area contributed by atoms with Gasteiger partial charge in [-0.3, -0.25) is 4.79 Å². The van der Waals surface area contributed by atoms with Gasteiger partial charge in [0.1, 0.15) is 0 Å². The zero-order valence-electron chi connectivity index (χ0n) is 11.1. The van der Waals surface area contributed by atoms with Gasteiger partial charge in [-0.15, -0.1) is 0 Å². The molecule has 1 aromatic heterocycles. The van der Waals surface area contributed by atoms with E-state index in [1.807, 2.05) is 19.2 Å². The van der Waals surface area contributed by atoms with E-state index < -0.39 is 0 Å². The molecule has 1 aromatic rings. The molecule has 0 atom stereocenters. The smallest absolute Gasteiger partial charge is 0.250 e. The van der Waals surface area contributed by atoms with Crippen LogP contribution in [-0.4, -0.2) is 17.2 Å². The summed E-state index contributed by atoms with van der Waals surface area (Å²) in [6, 6.07) is 4.44. The predicted octanol–water partition coefficient (Wildman–Crippen LogP) is 1.93. The van der Waals surface area contributed by atoms with Crippen LogP contribution in [0.15, 0.2) is 23.1 Å². The van der Waals surface area contributed by atoms with Crippen LogP contribution in [0.4, 0.5) is 0 Å². The maximum absolute atomic E-state index is 11.7. The van der Waals surface area contributed by atoms with Crippen molar-refractivity contribution in [3.63, 3.8) is 0 Å². The van der Waals surface area contributed by atoms with Crippen molar-refractivity contribution < 1.29 is 0 Å². The first-order valence-corrected chi connectivity index (χ1v) is 7.14. The molecule has 2 fully saturated rings. The van der Waals surface area contributed by atoms with Crippen LogP contribution in [0.3, 0.4) is 0 Å². The third-order valence-corrected chi connectivity index (χ3v) is 4.14. The van der Waals surface area contributed by atoms with Gasteiger partial charge in [0.25, 0.3) is 5.56 Å². The zero-order valence-corrected chi connectivity index (χ0v) is 11.1. The Morgan fingerprint density at radius 1 is 1.33 bits per heavy atom. The highest BCUT2D eigenvalue weighted by molar-refractivity contribution is 5.08. The molecule has 0 bridgehead atoms. The molecule has 98 valence electrons. The molecular weight excluding hydrogens is 224 g/mol. The van der Waals surface area contributed by atoms with Gasteiger partial charge in [0.05, 0.1) is 0 Å². The molecule has 2 saturated carbocycles. The molecule has 18 heavy (non-hydrogen) atoms. The van der Waals surface area contributed by atoms with E-state index in [2.05, 4.69) is 5.32 Å². The number of hydrogen-bond donors (Lipinski definition) is 1. The molecule has 0 radical (unpaired) electrons. The summed E-state index contributed by atoms with van der Waals surface area (Å²) in [6.07, 6.45) is 7.51. The number of nitrogens with zero attached hydrogens (tertiary/aromatic N) is 1. The fraction of sp³-hybridized carbons (Fsp3) is 0.667. The van der Waals surface area contributed by atoms with E-state index in [1.54, 1.807) is 10.6 Å². The normalized spacial score (nSPS) is 19.4. The van der Waals surface area contributed by atoms with E-state index in [9.17, 15) is 4.79 Å². The van der Waals surface area contributed by atoms with Crippen molar-refractivity contribution in [1.82, 2.24) is 9.88 Å². The Morgan fingerprint density at radius 3 is 2.56 bits per heavy atom. The molecule has 0 saturated heterocycles. The summed E-state index contributed by atoms with van der Waals surface area (Å²) in [5.74, 6) is 1.85. The maximum atomic E-state index is 11.7. The summed E-state index contributed by atoms with van der Waals surface area (Å²) < 4.78 is 1.80. The van der Waals surface area contributed by atoms with E-state index in [4.69, 9.17) is 0 Å². The van der Waals surface area contributed by atoms with Gasteiger partial charge in [0, 0.05) is 31.4 Å². The minimum Gasteiger partial charge on any atom is -0.314 e. The topological polar surface area (TPSA) is 34.0 Å². The van der Waals surface area contributed by atoms with Gasteiger partial charge >= 0.3 is 0 Å². The molecule has 1 N–H and O–H groups in total. The minimum atomic E-state index is 0.117. The van der Waals surface area contributed by atoms with Crippen molar-refractivity contribution in [2.75, 3.05) is 6.54 Å². The van der Waals surface area contributed by atoms with Crippen molar-refractivity contribution in [3.05, 3.63) is 34.2 Å². The van der Waals surface area contributed by atoms with Crippen molar-refractivity contribution in [2.45, 2.75) is 45.2 Å². The third-order valence-electron chi connectivity index (χ3n) is 4.14. The largest absolute Gasteiger partial charge is 0.314 e. The fourth-order valence-electron chi connectivity index (χ4n) is 2.77. The number of hydrogen-bond acceptors (Lipinski definition) is 2. The first-order chi connectivity index (χ1) is 8.74. The first kappa shape index (κ1) is 12.0. The monoisotopic (exact) mass is 246 g/mol. The van der Waals surface area contributed by atoms with Gasteiger partial charge in [-0.1, -0.05) is 0 Å². The molecule has 0 aliphatic heterocycles. The van der Waals surface area contributed by atoms with Crippen LogP contribution in [-0.2, 0) is 6.54 Å². The Balaban J connectivity index is 1.52. The number of aromatic nitrogens is 1. The quantitative estimate of drug-likeness (QED) is 0.832. The average molecular weight is 246 g/mol. The summed E-state index contributed by atoms with van der Waals surface area (Å²) in [4.78, 5) is 11.7. The highest BCUT2D eigenvalue weighted by Gasteiger charge is 2.40. The Hall–Kier alpha value is -1.09. The number of rotatable bonds is 6. The van der Waals surface area contributed by atoms with Gasteiger partial charge in [-0.05, 0) is 56.1 Å². The number of aryl methyl sites for hydroxylation is 1. The summed E-state index contributed by atoms with van der Waals surface area (Å²) in [5, 5.41) is 3.67. The lowest BCUT2D eigenvalue weighted by molar-refractivity contribution is 0.405. The summed E-state index contributed by atoms with van der Waals surface area (Å²) in [6.45, 7) is 3.66. The molecule has 3 nitrogen and oxygen atoms in total. The van der Waals surface area contributed by atoms with Gasteiger partial charge in [0.2, 0.25) is 0 Å². The molecule has 0 spiro atoms. The molecule has 1 heterocycles. The van der Waals surface area contributed by atoms with Crippen molar-refractivity contribution in [2.24, 2.45) is 11.8 Å². The molecule has 0 aromatic carbocycles. The third kappa shape index (κ3) is 2.83. The Bertz CT molecular complexity index is 460. The lowest BCUT2D eigenvalue weighted by Crippen LogP contribution is -2.36. The standard InChI is InChI=1S/C15H22N2O/c1-11-6-8-17(14(18)10-11)9-7-16-15(12-2-3-12)13-4-5-13/h6,8,10,12-13,15-16H,2-5,7,9H2,1H3. The fourth-order valence-corrected chi connectivity index (χ4v) is 2.77. The zero-order chi connectivity index (χ0) is 12.5. The molecule has 3 rings (SSSR count). The predicted molar refractivity (Wildman–Crippen MR) is 72.7 cm³/mol. The van der Waals surface area contributed by atoms with E-state index in [0.29, 0.717) is 0 Å². The second kappa shape index (κ2) is 4.88. The molecule has 0 amide bonds. The molecular formula is C15H22N2O. The van der Waals surface area contributed by atoms with Crippen LogP contribution < -0.4 is 10.9 Å². The average Bonchev–Trinajstić information content (AvgIpc) is 3.20. The number of nitrogens with one attached hydrogen (secondary N) is 1. The van der Waals surface area contributed by atoms with Crippen LogP contribution in [0, 0.1) is 18.8 Å². The Labute approximate surface area is 108 Å². The molecule has 2 aliphatic rings. The number of pyridine rings is 1. The van der Waals surface area contributed by atoms with Crippen LogP contribution >= 0.6 is 0 Å². The summed E-state index contributed by atoms with van der Waals surface area (Å²) >= 11 is 0. The van der Waals surface area contributed by atoms with Crippen molar-refractivity contribution >= 4 is 0 Å². The van der Waals surface area contributed by atoms with Crippen molar-refractivity contribution in [1.29, 1.82) is 0 Å². The highest BCUT2D eigenvalue weighted by Crippen LogP contribution is 2.44.